The van der Waals surface area contributed by atoms with Gasteiger partial charge in [0.15, 0.2) is 5.76 Å². The number of nitrogens with zero attached hydrogens (tertiary/aromatic N) is 3. The van der Waals surface area contributed by atoms with Gasteiger partial charge < -0.3 is 14.7 Å². The zero-order chi connectivity index (χ0) is 17.8. The molecule has 1 N–H and O–H groups in total. The molecule has 3 aliphatic rings. The Kier molecular flexibility index (Phi) is 3.59. The number of carbonyl (C=O) groups is 3. The molecule has 8 heteroatoms. The van der Waals surface area contributed by atoms with Crippen molar-refractivity contribution < 1.29 is 18.9 Å². The Labute approximate surface area is 145 Å². The fourth-order valence-corrected chi connectivity index (χ4v) is 3.92. The normalized spacial score (nSPS) is 29.4. The van der Waals surface area contributed by atoms with Crippen LogP contribution in [0.1, 0.15) is 50.1 Å². The standard InChI is InChI=1S/C17H22N4O4/c1-10-8-13(25-19-10)12-4-3-7-20(12)14(22)9-21-15(23)17(2,11-5-6-11)18-16(21)24/h8,11-12H,3-7,9H2,1-2H3,(H,18,24). The van der Waals surface area contributed by atoms with Gasteiger partial charge in [0, 0.05) is 12.6 Å². The molecule has 1 aliphatic carbocycles. The van der Waals surface area contributed by atoms with E-state index in [1.54, 1.807) is 11.8 Å². The highest BCUT2D eigenvalue weighted by Crippen LogP contribution is 2.42. The average Bonchev–Trinajstić information content (AvgIpc) is 3.10. The number of hydrogen-bond acceptors (Lipinski definition) is 5. The van der Waals surface area contributed by atoms with E-state index in [4.69, 9.17) is 4.52 Å². The molecule has 25 heavy (non-hydrogen) atoms. The Balaban J connectivity index is 1.48. The average molecular weight is 346 g/mol. The summed E-state index contributed by atoms with van der Waals surface area (Å²) in [6, 6.07) is 1.18. The molecule has 3 fully saturated rings. The van der Waals surface area contributed by atoms with Gasteiger partial charge in [0.1, 0.15) is 12.1 Å². The van der Waals surface area contributed by atoms with Crippen LogP contribution in [0.3, 0.4) is 0 Å². The van der Waals surface area contributed by atoms with Crippen molar-refractivity contribution in [2.45, 2.75) is 51.1 Å². The molecule has 0 spiro atoms. The van der Waals surface area contributed by atoms with Gasteiger partial charge in [-0.1, -0.05) is 5.16 Å². The summed E-state index contributed by atoms with van der Waals surface area (Å²) >= 11 is 0. The van der Waals surface area contributed by atoms with E-state index in [0.29, 0.717) is 12.3 Å². The highest BCUT2D eigenvalue weighted by molar-refractivity contribution is 6.09. The number of nitrogens with one attached hydrogen (secondary N) is 1. The van der Waals surface area contributed by atoms with E-state index in [1.807, 2.05) is 13.0 Å². The van der Waals surface area contributed by atoms with Crippen LogP contribution in [0.5, 0.6) is 0 Å². The predicted octanol–water partition coefficient (Wildman–Crippen LogP) is 1.37. The number of amides is 4. The molecule has 2 unspecified atom stereocenters. The van der Waals surface area contributed by atoms with E-state index < -0.39 is 11.6 Å². The lowest BCUT2D eigenvalue weighted by Gasteiger charge is -2.25. The van der Waals surface area contributed by atoms with Crippen molar-refractivity contribution in [2.75, 3.05) is 13.1 Å². The Morgan fingerprint density at radius 3 is 2.80 bits per heavy atom. The maximum atomic E-state index is 12.8. The molecule has 4 amide bonds. The van der Waals surface area contributed by atoms with Crippen molar-refractivity contribution in [3.8, 4) is 0 Å². The number of urea groups is 1. The van der Waals surface area contributed by atoms with Crippen LogP contribution >= 0.6 is 0 Å². The molecule has 0 bridgehead atoms. The van der Waals surface area contributed by atoms with Gasteiger partial charge in [-0.05, 0) is 45.4 Å². The van der Waals surface area contributed by atoms with Gasteiger partial charge in [0.2, 0.25) is 5.91 Å². The number of rotatable bonds is 4. The summed E-state index contributed by atoms with van der Waals surface area (Å²) < 4.78 is 5.31. The van der Waals surface area contributed by atoms with Gasteiger partial charge in [0.05, 0.1) is 11.7 Å². The topological polar surface area (TPSA) is 95.8 Å². The lowest BCUT2D eigenvalue weighted by Crippen LogP contribution is -2.47. The molecule has 4 rings (SSSR count). The number of imide groups is 1. The lowest BCUT2D eigenvalue weighted by molar-refractivity contribution is -0.139. The minimum absolute atomic E-state index is 0.177. The molecule has 3 heterocycles. The first-order chi connectivity index (χ1) is 11.9. The number of aromatic nitrogens is 1. The summed E-state index contributed by atoms with van der Waals surface area (Å²) in [5.74, 6) is 0.309. The first-order valence-electron chi connectivity index (χ1n) is 8.77. The summed E-state index contributed by atoms with van der Waals surface area (Å²) in [7, 11) is 0. The van der Waals surface area contributed by atoms with Gasteiger partial charge in [-0.15, -0.1) is 0 Å². The minimum atomic E-state index is -0.857. The molecule has 2 saturated heterocycles. The molecule has 1 aromatic rings. The molecule has 0 aromatic carbocycles. The van der Waals surface area contributed by atoms with E-state index in [0.717, 1.165) is 36.3 Å². The van der Waals surface area contributed by atoms with Gasteiger partial charge in [-0.3, -0.25) is 14.5 Å². The lowest BCUT2D eigenvalue weighted by atomic mass is 9.96. The Hall–Kier alpha value is -2.38. The number of hydrogen-bond donors (Lipinski definition) is 1. The molecular formula is C17H22N4O4. The third-order valence-corrected chi connectivity index (χ3v) is 5.54. The molecular weight excluding hydrogens is 324 g/mol. The van der Waals surface area contributed by atoms with Crippen molar-refractivity contribution in [3.05, 3.63) is 17.5 Å². The molecule has 2 atom stereocenters. The molecule has 2 aliphatic heterocycles. The highest BCUT2D eigenvalue weighted by atomic mass is 16.5. The zero-order valence-electron chi connectivity index (χ0n) is 14.4. The maximum absolute atomic E-state index is 12.8. The van der Waals surface area contributed by atoms with E-state index >= 15 is 0 Å². The first kappa shape index (κ1) is 16.1. The number of aryl methyl sites for hydroxylation is 1. The summed E-state index contributed by atoms with van der Waals surface area (Å²) in [5.41, 5.74) is -0.0901. The van der Waals surface area contributed by atoms with Crippen molar-refractivity contribution in [1.29, 1.82) is 0 Å². The van der Waals surface area contributed by atoms with Crippen molar-refractivity contribution in [1.82, 2.24) is 20.3 Å². The molecule has 1 saturated carbocycles. The third kappa shape index (κ3) is 2.60. The van der Waals surface area contributed by atoms with Crippen LogP contribution in [-0.2, 0) is 9.59 Å². The zero-order valence-corrected chi connectivity index (χ0v) is 14.4. The van der Waals surface area contributed by atoms with E-state index in [9.17, 15) is 14.4 Å². The molecule has 8 nitrogen and oxygen atoms in total. The van der Waals surface area contributed by atoms with Crippen molar-refractivity contribution in [3.63, 3.8) is 0 Å². The van der Waals surface area contributed by atoms with Crippen LogP contribution in [0.15, 0.2) is 10.6 Å². The molecule has 1 aromatic heterocycles. The largest absolute Gasteiger partial charge is 0.359 e. The van der Waals surface area contributed by atoms with Crippen LogP contribution in [0.2, 0.25) is 0 Å². The van der Waals surface area contributed by atoms with Gasteiger partial charge in [0.25, 0.3) is 5.91 Å². The maximum Gasteiger partial charge on any atom is 0.325 e. The predicted molar refractivity (Wildman–Crippen MR) is 86.3 cm³/mol. The SMILES string of the molecule is Cc1cc(C2CCCN2C(=O)CN2C(=O)NC(C)(C3CC3)C2=O)on1. The van der Waals surface area contributed by atoms with Crippen LogP contribution in [-0.4, -0.2) is 51.4 Å². The second-order valence-electron chi connectivity index (χ2n) is 7.41. The van der Waals surface area contributed by atoms with Gasteiger partial charge in [-0.25, -0.2) is 4.79 Å². The monoisotopic (exact) mass is 346 g/mol. The fourth-order valence-electron chi connectivity index (χ4n) is 3.92. The van der Waals surface area contributed by atoms with Crippen molar-refractivity contribution in [2.24, 2.45) is 5.92 Å². The van der Waals surface area contributed by atoms with Crippen LogP contribution < -0.4 is 5.32 Å². The Bertz CT molecular complexity index is 741. The van der Waals surface area contributed by atoms with Gasteiger partial charge in [-0.2, -0.15) is 0 Å². The van der Waals surface area contributed by atoms with E-state index in [2.05, 4.69) is 10.5 Å². The smallest absolute Gasteiger partial charge is 0.325 e. The quantitative estimate of drug-likeness (QED) is 0.831. The third-order valence-electron chi connectivity index (χ3n) is 5.54. The highest BCUT2D eigenvalue weighted by Gasteiger charge is 2.56. The van der Waals surface area contributed by atoms with Crippen LogP contribution in [0.4, 0.5) is 4.79 Å². The molecule has 134 valence electrons. The summed E-state index contributed by atoms with van der Waals surface area (Å²) in [5, 5.41) is 6.66. The summed E-state index contributed by atoms with van der Waals surface area (Å²) in [6.07, 6.45) is 3.52. The van der Waals surface area contributed by atoms with Gasteiger partial charge >= 0.3 is 6.03 Å². The molecule has 0 radical (unpaired) electrons. The van der Waals surface area contributed by atoms with E-state index in [-0.39, 0.29) is 30.3 Å². The number of likely N-dealkylation sites (tertiary alicyclic amines) is 1. The second kappa shape index (κ2) is 5.57. The summed E-state index contributed by atoms with van der Waals surface area (Å²) in [6.45, 7) is 3.95. The minimum Gasteiger partial charge on any atom is -0.359 e. The van der Waals surface area contributed by atoms with E-state index in [1.165, 1.54) is 0 Å². The second-order valence-corrected chi connectivity index (χ2v) is 7.41. The summed E-state index contributed by atoms with van der Waals surface area (Å²) in [4.78, 5) is 40.4. The van der Waals surface area contributed by atoms with Crippen molar-refractivity contribution >= 4 is 17.8 Å². The number of carbonyl (C=O) groups excluding carboxylic acids is 3. The Morgan fingerprint density at radius 2 is 2.16 bits per heavy atom. The Morgan fingerprint density at radius 1 is 1.40 bits per heavy atom. The fraction of sp³-hybridized carbons (Fsp3) is 0.647. The first-order valence-corrected chi connectivity index (χ1v) is 8.77. The van der Waals surface area contributed by atoms with Crippen LogP contribution in [0.25, 0.3) is 0 Å². The van der Waals surface area contributed by atoms with Crippen LogP contribution in [0, 0.1) is 12.8 Å².